The highest BCUT2D eigenvalue weighted by Gasteiger charge is 2.50. The zero-order valence-corrected chi connectivity index (χ0v) is 29.8. The number of likely N-dealkylation sites (tertiary alicyclic amines) is 1. The Morgan fingerprint density at radius 3 is 2.38 bits per heavy atom. The number of rotatable bonds is 8. The maximum Gasteiger partial charge on any atom is 0.264 e. The quantitative estimate of drug-likeness (QED) is 0.266. The summed E-state index contributed by atoms with van der Waals surface area (Å²) in [6.07, 6.45) is 6.03. The lowest BCUT2D eigenvalue weighted by molar-refractivity contribution is -0.0425. The lowest BCUT2D eigenvalue weighted by Gasteiger charge is -2.55. The predicted molar refractivity (Wildman–Crippen MR) is 187 cm³/mol. The van der Waals surface area contributed by atoms with Crippen molar-refractivity contribution in [3.8, 4) is 17.1 Å². The van der Waals surface area contributed by atoms with Crippen molar-refractivity contribution in [1.82, 2.24) is 14.9 Å². The molecule has 8 nitrogen and oxygen atoms in total. The molecule has 3 heterocycles. The van der Waals surface area contributed by atoms with Gasteiger partial charge in [0.25, 0.3) is 10.0 Å². The van der Waals surface area contributed by atoms with Gasteiger partial charge in [-0.25, -0.2) is 18.1 Å². The number of fused-ring (bicyclic) bond motifs is 4. The van der Waals surface area contributed by atoms with Gasteiger partial charge < -0.3 is 14.4 Å². The molecule has 9 heteroatoms. The van der Waals surface area contributed by atoms with E-state index in [0.717, 1.165) is 54.9 Å². The fourth-order valence-electron chi connectivity index (χ4n) is 8.39. The molecule has 2 aromatic carbocycles. The molecule has 1 unspecified atom stereocenters. The molecule has 3 aliphatic rings. The average Bonchev–Trinajstić information content (AvgIpc) is 2.99. The highest BCUT2D eigenvalue weighted by atomic mass is 32.2. The van der Waals surface area contributed by atoms with E-state index in [2.05, 4.69) is 53.4 Å². The van der Waals surface area contributed by atoms with Crippen LogP contribution in [0, 0.1) is 37.0 Å². The van der Waals surface area contributed by atoms with E-state index in [4.69, 9.17) is 9.47 Å². The summed E-state index contributed by atoms with van der Waals surface area (Å²) in [5.41, 5.74) is 5.19. The average molecular weight is 661 g/mol. The van der Waals surface area contributed by atoms with Crippen molar-refractivity contribution >= 4 is 16.0 Å². The third-order valence-electron chi connectivity index (χ3n) is 10.6. The molecule has 2 atom stereocenters. The highest BCUT2D eigenvalue weighted by molar-refractivity contribution is 7.92. The Hall–Kier alpha value is -3.01. The normalized spacial score (nSPS) is 22.6. The van der Waals surface area contributed by atoms with Crippen molar-refractivity contribution in [3.63, 3.8) is 0 Å². The molecule has 4 bridgehead atoms. The number of hydrogen-bond acceptors (Lipinski definition) is 7. The molecule has 2 fully saturated rings. The third-order valence-corrected chi connectivity index (χ3v) is 11.9. The summed E-state index contributed by atoms with van der Waals surface area (Å²) in [5.74, 6) is 1.74. The Morgan fingerprint density at radius 2 is 1.70 bits per heavy atom. The second kappa shape index (κ2) is 13.8. The van der Waals surface area contributed by atoms with Gasteiger partial charge in [-0.15, -0.1) is 0 Å². The van der Waals surface area contributed by atoms with E-state index in [0.29, 0.717) is 35.4 Å². The minimum absolute atomic E-state index is 0.0196. The number of nitrogens with zero attached hydrogens (tertiary/aromatic N) is 3. The van der Waals surface area contributed by atoms with E-state index in [1.165, 1.54) is 25.7 Å². The van der Waals surface area contributed by atoms with Crippen LogP contribution in [0.15, 0.2) is 53.4 Å². The number of ether oxygens (including phenoxy) is 2. The van der Waals surface area contributed by atoms with Crippen LogP contribution in [0.1, 0.15) is 82.4 Å². The number of sulfonamides is 1. The molecule has 3 aromatic rings. The molecule has 1 spiro atoms. The number of aryl methyl sites for hydroxylation is 2. The van der Waals surface area contributed by atoms with Gasteiger partial charge in [0.2, 0.25) is 11.8 Å². The van der Waals surface area contributed by atoms with Crippen LogP contribution in [-0.2, 0) is 14.8 Å². The van der Waals surface area contributed by atoms with Crippen LogP contribution in [0.4, 0.5) is 5.95 Å². The fraction of sp³-hybridized carbons (Fsp3) is 0.579. The molecular formula is C38H52N4O4S. The van der Waals surface area contributed by atoms with E-state index >= 15 is 0 Å². The number of piperidine rings is 1. The zero-order valence-electron chi connectivity index (χ0n) is 29.0. The van der Waals surface area contributed by atoms with Crippen LogP contribution in [-0.4, -0.2) is 62.2 Å². The fourth-order valence-corrected chi connectivity index (χ4v) is 9.39. The first-order valence-corrected chi connectivity index (χ1v) is 18.9. The Kier molecular flexibility index (Phi) is 9.98. The third kappa shape index (κ3) is 7.68. The highest BCUT2D eigenvalue weighted by Crippen LogP contribution is 2.59. The first-order valence-electron chi connectivity index (χ1n) is 17.5. The second-order valence-corrected chi connectivity index (χ2v) is 16.7. The van der Waals surface area contributed by atoms with Crippen LogP contribution < -0.4 is 9.46 Å². The summed E-state index contributed by atoms with van der Waals surface area (Å²) >= 11 is 0. The predicted octanol–water partition coefficient (Wildman–Crippen LogP) is 7.62. The maximum absolute atomic E-state index is 13.8. The Bertz CT molecular complexity index is 1640. The summed E-state index contributed by atoms with van der Waals surface area (Å²) in [4.78, 5) is 12.1. The van der Waals surface area contributed by atoms with Gasteiger partial charge >= 0.3 is 0 Å². The molecular weight excluding hydrogens is 609 g/mol. The van der Waals surface area contributed by atoms with Gasteiger partial charge in [-0.05, 0) is 125 Å². The summed E-state index contributed by atoms with van der Waals surface area (Å²) in [6.45, 7) is 17.3. The topological polar surface area (TPSA) is 93.7 Å². The molecule has 1 N–H and O–H groups in total. The van der Waals surface area contributed by atoms with Crippen molar-refractivity contribution in [2.75, 3.05) is 37.6 Å². The maximum atomic E-state index is 13.8. The number of aromatic nitrogens is 2. The van der Waals surface area contributed by atoms with Gasteiger partial charge in [0.15, 0.2) is 0 Å². The molecule has 47 heavy (non-hydrogen) atoms. The van der Waals surface area contributed by atoms with Gasteiger partial charge in [-0.3, -0.25) is 0 Å². The molecule has 1 aromatic heterocycles. The lowest BCUT2D eigenvalue weighted by atomic mass is 9.52. The minimum Gasteiger partial charge on any atom is -0.477 e. The standard InChI is InChI=1S/C38H52N4O4S/c1-25(2)19-30-24-46-34-21-33(35-27(5)9-7-10-28(35)6)39-37(40-34)41-47(43,44)32-12-8-11-29(20-32)36(30)31-22-38(23-31)13-15-42(16-14-38)17-18-45-26(3)4/h7-12,20-21,25-26,30-31,36H,13-19,22-24H2,1-6H3,(H,39,40,41)/t30-,36?/m1/s1. The summed E-state index contributed by atoms with van der Waals surface area (Å²) in [6, 6.07) is 15.5. The van der Waals surface area contributed by atoms with Gasteiger partial charge in [0.1, 0.15) is 0 Å². The second-order valence-electron chi connectivity index (χ2n) is 15.0. The Morgan fingerprint density at radius 1 is 1.00 bits per heavy atom. The van der Waals surface area contributed by atoms with Crippen LogP contribution in [0.25, 0.3) is 11.3 Å². The van der Waals surface area contributed by atoms with Crippen molar-refractivity contribution in [2.24, 2.45) is 23.2 Å². The van der Waals surface area contributed by atoms with Crippen molar-refractivity contribution in [3.05, 3.63) is 65.2 Å². The van der Waals surface area contributed by atoms with E-state index in [-0.39, 0.29) is 28.8 Å². The smallest absolute Gasteiger partial charge is 0.264 e. The molecule has 0 amide bonds. The summed E-state index contributed by atoms with van der Waals surface area (Å²) in [5, 5.41) is 0. The molecule has 2 aliphatic heterocycles. The molecule has 254 valence electrons. The monoisotopic (exact) mass is 660 g/mol. The molecule has 1 aliphatic carbocycles. The number of benzene rings is 2. The van der Waals surface area contributed by atoms with Crippen LogP contribution in [0.3, 0.4) is 0 Å². The Labute approximate surface area is 281 Å². The van der Waals surface area contributed by atoms with E-state index in [1.54, 1.807) is 6.07 Å². The summed E-state index contributed by atoms with van der Waals surface area (Å²) in [7, 11) is -3.94. The number of hydrogen-bond donors (Lipinski definition) is 1. The summed E-state index contributed by atoms with van der Waals surface area (Å²) < 4.78 is 42.7. The Balaban J connectivity index is 1.30. The van der Waals surface area contributed by atoms with Gasteiger partial charge in [-0.1, -0.05) is 44.2 Å². The first kappa shape index (κ1) is 33.9. The van der Waals surface area contributed by atoms with E-state index in [9.17, 15) is 8.42 Å². The zero-order chi connectivity index (χ0) is 33.3. The van der Waals surface area contributed by atoms with Crippen molar-refractivity contribution < 1.29 is 17.9 Å². The van der Waals surface area contributed by atoms with Crippen LogP contribution >= 0.6 is 0 Å². The van der Waals surface area contributed by atoms with E-state index < -0.39 is 10.0 Å². The first-order chi connectivity index (χ1) is 22.4. The number of anilines is 1. The van der Waals surface area contributed by atoms with Crippen LogP contribution in [0.2, 0.25) is 0 Å². The largest absolute Gasteiger partial charge is 0.477 e. The molecule has 0 radical (unpaired) electrons. The van der Waals surface area contributed by atoms with Crippen molar-refractivity contribution in [2.45, 2.75) is 90.6 Å². The number of nitrogens with one attached hydrogen (secondary N) is 1. The van der Waals surface area contributed by atoms with Crippen LogP contribution in [0.5, 0.6) is 5.88 Å². The lowest BCUT2D eigenvalue weighted by Crippen LogP contribution is -2.50. The molecule has 1 saturated heterocycles. The van der Waals surface area contributed by atoms with E-state index in [1.807, 2.05) is 50.2 Å². The van der Waals surface area contributed by atoms with Gasteiger partial charge in [-0.2, -0.15) is 4.98 Å². The minimum atomic E-state index is -3.94. The van der Waals surface area contributed by atoms with Gasteiger partial charge in [0, 0.05) is 24.1 Å². The van der Waals surface area contributed by atoms with Gasteiger partial charge in [0.05, 0.1) is 29.9 Å². The van der Waals surface area contributed by atoms with Crippen molar-refractivity contribution in [1.29, 1.82) is 0 Å². The molecule has 1 saturated carbocycles. The molecule has 6 rings (SSSR count). The SMILES string of the molecule is Cc1cccc(C)c1-c1cc2nc(n1)NS(=O)(=O)c1cccc(c1)C(C1CC3(CCN(CCOC(C)C)CC3)C1)[C@H](CC(C)C)CO2.